The molecule has 1 aliphatic rings. The van der Waals surface area contributed by atoms with Gasteiger partial charge in [0, 0.05) is 45.0 Å². The zero-order valence-corrected chi connectivity index (χ0v) is 60.2. The molecule has 0 bridgehead atoms. The highest BCUT2D eigenvalue weighted by molar-refractivity contribution is 7.86. The molecule has 0 atom stereocenters. The number of aryl methyl sites for hydroxylation is 3. The summed E-state index contributed by atoms with van der Waals surface area (Å²) in [5.74, 6) is 4.20. The Hall–Kier alpha value is -13.2. The van der Waals surface area contributed by atoms with Crippen molar-refractivity contribution >= 4 is 43.4 Å². The molecule has 1 aromatic heterocycles. The molecular formula is C90H66N2O14S2. The lowest BCUT2D eigenvalue weighted by Crippen LogP contribution is -2.28. The van der Waals surface area contributed by atoms with Crippen LogP contribution in [0.1, 0.15) is 104 Å². The van der Waals surface area contributed by atoms with Crippen molar-refractivity contribution in [3.63, 3.8) is 0 Å². The number of hydrogen-bond acceptors (Lipinski definition) is 13. The smallest absolute Gasteiger partial charge is 0.313 e. The number of benzene rings is 13. The lowest BCUT2D eigenvalue weighted by atomic mass is 9.68. The highest BCUT2D eigenvalue weighted by Gasteiger charge is 2.46. The van der Waals surface area contributed by atoms with Gasteiger partial charge >= 0.3 is 10.1 Å². The fourth-order valence-corrected chi connectivity index (χ4v) is 14.3. The number of hydrogen-bond donors (Lipinski definition) is 2. The highest BCUT2D eigenvalue weighted by Crippen LogP contribution is 2.56. The van der Waals surface area contributed by atoms with Crippen molar-refractivity contribution in [2.24, 2.45) is 0 Å². The van der Waals surface area contributed by atoms with E-state index in [9.17, 15) is 45.1 Å². The summed E-state index contributed by atoms with van der Waals surface area (Å²) in [5.41, 5.74) is 13.4. The maximum atomic E-state index is 14.0. The van der Waals surface area contributed by atoms with Crippen LogP contribution in [-0.4, -0.2) is 58.6 Å². The van der Waals surface area contributed by atoms with E-state index in [1.54, 1.807) is 122 Å². The summed E-state index contributed by atoms with van der Waals surface area (Å²) < 4.78 is 92.7. The molecule has 1 heterocycles. The number of carbonyl (C=O) groups excluding carboxylic acids is 4. The van der Waals surface area contributed by atoms with Crippen LogP contribution in [0.4, 0.5) is 0 Å². The first-order valence-electron chi connectivity index (χ1n) is 34.2. The average Bonchev–Trinajstić information content (AvgIpc) is 1.54. The minimum absolute atomic E-state index is 0.00642. The summed E-state index contributed by atoms with van der Waals surface area (Å²) in [5, 5.41) is -0.749. The monoisotopic (exact) mass is 1460 g/mol. The molecule has 0 radical (unpaired) electrons. The summed E-state index contributed by atoms with van der Waals surface area (Å²) in [7, 11) is -9.65. The fourth-order valence-electron chi connectivity index (χ4n) is 13.2. The molecule has 14 aromatic rings. The van der Waals surface area contributed by atoms with Gasteiger partial charge in [0.05, 0.1) is 17.3 Å². The first-order valence-corrected chi connectivity index (χ1v) is 37.1. The van der Waals surface area contributed by atoms with Crippen LogP contribution >= 0.6 is 0 Å². The molecule has 16 nitrogen and oxygen atoms in total. The van der Waals surface area contributed by atoms with E-state index in [2.05, 4.69) is 109 Å². The zero-order chi connectivity index (χ0) is 75.4. The second kappa shape index (κ2) is 30.1. The van der Waals surface area contributed by atoms with Gasteiger partial charge in [-0.3, -0.25) is 28.3 Å². The predicted molar refractivity (Wildman–Crippen MR) is 412 cm³/mol. The normalized spacial score (nSPS) is 12.0. The van der Waals surface area contributed by atoms with Crippen LogP contribution in [-0.2, 0) is 25.7 Å². The molecule has 108 heavy (non-hydrogen) atoms. The van der Waals surface area contributed by atoms with E-state index in [1.165, 1.54) is 46.9 Å². The first-order chi connectivity index (χ1) is 52.0. The number of ether oxygens (including phenoxy) is 4. The highest BCUT2D eigenvalue weighted by atomic mass is 32.2. The Morgan fingerprint density at radius 3 is 1.19 bits per heavy atom. The number of nitrogens with zero attached hydrogens (tertiary/aromatic N) is 2. The Bertz CT molecular complexity index is 5960. The van der Waals surface area contributed by atoms with E-state index in [1.807, 2.05) is 79.7 Å². The molecule has 13 aromatic carbocycles. The van der Waals surface area contributed by atoms with Gasteiger partial charge in [0.25, 0.3) is 10.1 Å². The molecule has 1 aliphatic carbocycles. The number of carbonyl (C=O) groups is 4. The van der Waals surface area contributed by atoms with E-state index in [0.717, 1.165) is 62.7 Å². The number of ketones is 4. The number of aromatic nitrogens is 2. The summed E-state index contributed by atoms with van der Waals surface area (Å²) in [6.07, 6.45) is 1.79. The molecule has 15 rings (SSSR count). The predicted octanol–water partition coefficient (Wildman–Crippen LogP) is 20.1. The van der Waals surface area contributed by atoms with Gasteiger partial charge in [-0.25, -0.2) is 4.98 Å². The lowest BCUT2D eigenvalue weighted by Gasteiger charge is -2.34. The van der Waals surface area contributed by atoms with Gasteiger partial charge in [-0.05, 0) is 218 Å². The molecular weight excluding hydrogens is 1400 g/mol. The quantitative estimate of drug-likeness (QED) is 0.0503. The van der Waals surface area contributed by atoms with Crippen molar-refractivity contribution in [1.82, 2.24) is 9.55 Å². The standard InChI is InChI=1S/C46H34O3.C44H32N2O11S2/c1-31-11-15-33(16-12-31)45(47)34-17-25-38(26-18-34)49-40-29-21-36(22-30-40)46(43-9-5-3-7-41(43)42-8-4-6-10-44(42)46)35-19-27-39(28-20-35)48-37-23-13-32(2)14-24-37;1-27-6-20-38(39(22-27)44(49)33-15-21-40(41(23-33)58(50,51)52)46-25-42(45-26-46)59(53,54)55)30-7-9-31(10-8-30)43(48)32-13-18-35(19-14-32)57-37-5-3-4-36(24-37)56-34-16-11-29(12-17-34)28(2)47/h3-30H,1-2H3;3-26H,1-2H3,(H,50,51,52)(H,53,54,55). The van der Waals surface area contributed by atoms with Crippen LogP contribution < -0.4 is 18.9 Å². The molecule has 2 N–H and O–H groups in total. The van der Waals surface area contributed by atoms with E-state index in [4.69, 9.17) is 18.9 Å². The summed E-state index contributed by atoms with van der Waals surface area (Å²) in [6.45, 7) is 7.36. The Balaban J connectivity index is 0.000000184. The van der Waals surface area contributed by atoms with Crippen LogP contribution in [0.3, 0.4) is 0 Å². The van der Waals surface area contributed by atoms with Gasteiger partial charge in [0.15, 0.2) is 23.1 Å². The van der Waals surface area contributed by atoms with Crippen molar-refractivity contribution in [3.8, 4) is 73.9 Å². The van der Waals surface area contributed by atoms with Gasteiger partial charge in [0.1, 0.15) is 57.2 Å². The number of Topliss-reactive ketones (excluding diaryl/α,β-unsaturated/α-hetero) is 1. The van der Waals surface area contributed by atoms with Crippen molar-refractivity contribution in [2.45, 2.75) is 43.0 Å². The van der Waals surface area contributed by atoms with E-state index in [-0.39, 0.29) is 34.2 Å². The third kappa shape index (κ3) is 15.3. The molecule has 18 heteroatoms. The second-order valence-corrected chi connectivity index (χ2v) is 28.7. The molecule has 532 valence electrons. The van der Waals surface area contributed by atoms with Crippen molar-refractivity contribution < 1.29 is 64.1 Å². The van der Waals surface area contributed by atoms with Gasteiger partial charge < -0.3 is 23.5 Å². The van der Waals surface area contributed by atoms with Crippen molar-refractivity contribution in [3.05, 3.63) is 394 Å². The third-order valence-electron chi connectivity index (χ3n) is 18.6. The van der Waals surface area contributed by atoms with Crippen LogP contribution in [0, 0.1) is 20.8 Å². The van der Waals surface area contributed by atoms with E-state index in [0.29, 0.717) is 67.7 Å². The van der Waals surface area contributed by atoms with E-state index >= 15 is 0 Å². The topological polar surface area (TPSA) is 232 Å². The fraction of sp³-hybridized carbons (Fsp3) is 0.0556. The minimum Gasteiger partial charge on any atom is -0.457 e. The molecule has 0 saturated heterocycles. The van der Waals surface area contributed by atoms with Gasteiger partial charge in [0.2, 0.25) is 5.03 Å². The average molecular weight is 1460 g/mol. The van der Waals surface area contributed by atoms with Crippen LogP contribution in [0.5, 0.6) is 46.0 Å². The Morgan fingerprint density at radius 2 is 0.750 bits per heavy atom. The number of imidazole rings is 1. The molecule has 0 aliphatic heterocycles. The SMILES string of the molecule is CC(=O)c1ccc(Oc2cccc(Oc3ccc(C(=O)c4ccc(-c5ccc(C)cc5C(=O)c5ccc(-n6cnc(S(=O)(=O)O)c6)c(S(=O)(=O)O)c5)cc4)cc3)c2)cc1.Cc1ccc(Oc2ccc(C3(c4ccc(Oc5ccc(C(=O)c6ccc(C)cc6)cc5)cc4)c4ccccc4-c4ccccc43)cc2)cc1. The van der Waals surface area contributed by atoms with Gasteiger partial charge in [-0.2, -0.15) is 16.8 Å². The Morgan fingerprint density at radius 1 is 0.361 bits per heavy atom. The summed E-state index contributed by atoms with van der Waals surface area (Å²) in [4.78, 5) is 54.9. The Labute approximate surface area is 623 Å². The van der Waals surface area contributed by atoms with Crippen LogP contribution in [0.25, 0.3) is 27.9 Å². The maximum Gasteiger partial charge on any atom is 0.313 e. The van der Waals surface area contributed by atoms with Crippen LogP contribution in [0.2, 0.25) is 0 Å². The number of rotatable bonds is 21. The molecule has 0 fully saturated rings. The second-order valence-electron chi connectivity index (χ2n) is 25.9. The van der Waals surface area contributed by atoms with E-state index < -0.39 is 41.4 Å². The zero-order valence-electron chi connectivity index (χ0n) is 58.5. The van der Waals surface area contributed by atoms with Gasteiger partial charge in [-0.1, -0.05) is 168 Å². The lowest BCUT2D eigenvalue weighted by molar-refractivity contribution is 0.101. The van der Waals surface area contributed by atoms with Crippen molar-refractivity contribution in [1.29, 1.82) is 0 Å². The van der Waals surface area contributed by atoms with Crippen molar-refractivity contribution in [2.75, 3.05) is 0 Å². The summed E-state index contributed by atoms with van der Waals surface area (Å²) >= 11 is 0. The molecule has 0 saturated carbocycles. The molecule has 0 spiro atoms. The number of fused-ring (bicyclic) bond motifs is 3. The molecule has 0 unspecified atom stereocenters. The molecule has 0 amide bonds. The van der Waals surface area contributed by atoms with Gasteiger partial charge in [-0.15, -0.1) is 0 Å². The van der Waals surface area contributed by atoms with Crippen LogP contribution in [0.15, 0.2) is 326 Å². The maximum absolute atomic E-state index is 14.0. The minimum atomic E-state index is -4.95. The third-order valence-corrected chi connectivity index (χ3v) is 20.2. The first kappa shape index (κ1) is 71.7. The Kier molecular flexibility index (Phi) is 20.0. The largest absolute Gasteiger partial charge is 0.457 e. The summed E-state index contributed by atoms with van der Waals surface area (Å²) in [6, 6.07) is 93.1.